The van der Waals surface area contributed by atoms with Crippen molar-refractivity contribution in [2.24, 2.45) is 5.92 Å². The van der Waals surface area contributed by atoms with Gasteiger partial charge >= 0.3 is 12.1 Å². The molecular weight excluding hydrogens is 536 g/mol. The van der Waals surface area contributed by atoms with Gasteiger partial charge in [0.25, 0.3) is 0 Å². The lowest BCUT2D eigenvalue weighted by molar-refractivity contribution is -0.153. The second kappa shape index (κ2) is 12.8. The van der Waals surface area contributed by atoms with Crippen LogP contribution in [0.1, 0.15) is 32.1 Å². The van der Waals surface area contributed by atoms with Crippen LogP contribution in [0.5, 0.6) is 0 Å². The van der Waals surface area contributed by atoms with E-state index in [1.165, 1.54) is 17.2 Å². The van der Waals surface area contributed by atoms with E-state index < -0.39 is 42.6 Å². The molecule has 5 rings (SSSR count). The number of hydrogen-bond acceptors (Lipinski definition) is 12. The molecule has 41 heavy (non-hydrogen) atoms. The molecule has 3 aromatic rings. The Bertz CT molecular complexity index is 1330. The molecule has 0 spiro atoms. The Balaban J connectivity index is 1.19. The van der Waals surface area contributed by atoms with Crippen LogP contribution in [0.25, 0.3) is 11.2 Å². The van der Waals surface area contributed by atoms with Gasteiger partial charge in [-0.3, -0.25) is 4.57 Å². The molecule has 1 aromatic carbocycles. The summed E-state index contributed by atoms with van der Waals surface area (Å²) in [5.41, 5.74) is 1.68. The molecule has 220 valence electrons. The molecule has 0 radical (unpaired) electrons. The van der Waals surface area contributed by atoms with Gasteiger partial charge in [-0.1, -0.05) is 44.2 Å². The zero-order chi connectivity index (χ0) is 28.9. The molecule has 2 aliphatic heterocycles. The number of carbonyl (C=O) groups excluding carboxylic acids is 2. The first-order valence-electron chi connectivity index (χ1n) is 13.5. The number of fused-ring (bicyclic) bond motifs is 1. The van der Waals surface area contributed by atoms with E-state index >= 15 is 0 Å². The van der Waals surface area contributed by atoms with E-state index in [0.29, 0.717) is 30.2 Å². The minimum atomic E-state index is -1.36. The molecule has 0 aliphatic carbocycles. The van der Waals surface area contributed by atoms with Crippen molar-refractivity contribution in [3.63, 3.8) is 0 Å². The summed E-state index contributed by atoms with van der Waals surface area (Å²) in [6, 6.07) is 8.25. The number of rotatable bonds is 10. The molecule has 2 saturated heterocycles. The summed E-state index contributed by atoms with van der Waals surface area (Å²) in [4.78, 5) is 38.2. The molecule has 2 fully saturated rings. The van der Waals surface area contributed by atoms with Crippen LogP contribution in [-0.4, -0.2) is 92.0 Å². The number of imidazole rings is 1. The van der Waals surface area contributed by atoms with E-state index in [-0.39, 0.29) is 25.2 Å². The molecule has 6 atom stereocenters. The second-order valence-corrected chi connectivity index (χ2v) is 10.4. The number of esters is 1. The van der Waals surface area contributed by atoms with E-state index in [1.807, 2.05) is 30.3 Å². The van der Waals surface area contributed by atoms with Gasteiger partial charge in [-0.15, -0.1) is 0 Å². The topological polar surface area (TPSA) is 179 Å². The largest absolute Gasteiger partial charge is 0.461 e. The molecule has 14 nitrogen and oxygen atoms in total. The number of alkyl carbamates (subject to hydrolysis) is 1. The summed E-state index contributed by atoms with van der Waals surface area (Å²) >= 11 is 0. The number of carbonyl (C=O) groups is 2. The lowest BCUT2D eigenvalue weighted by Crippen LogP contribution is -2.46. The van der Waals surface area contributed by atoms with Crippen molar-refractivity contribution in [3.8, 4) is 0 Å². The first-order chi connectivity index (χ1) is 19.8. The van der Waals surface area contributed by atoms with Gasteiger partial charge in [0.2, 0.25) is 0 Å². The van der Waals surface area contributed by atoms with Crippen molar-refractivity contribution in [2.45, 2.75) is 63.5 Å². The smallest absolute Gasteiger partial charge is 0.408 e. The van der Waals surface area contributed by atoms with Gasteiger partial charge < -0.3 is 39.8 Å². The average molecular weight is 571 g/mol. The molecule has 2 aliphatic rings. The molecule has 0 saturated carbocycles. The zero-order valence-corrected chi connectivity index (χ0v) is 22.8. The third kappa shape index (κ3) is 6.56. The first kappa shape index (κ1) is 28.7. The number of nitrogens with zero attached hydrogens (tertiary/aromatic N) is 4. The van der Waals surface area contributed by atoms with Gasteiger partial charge in [0, 0.05) is 6.61 Å². The van der Waals surface area contributed by atoms with Crippen LogP contribution in [0.4, 0.5) is 10.6 Å². The molecule has 0 unspecified atom stereocenters. The number of amides is 1. The third-order valence-corrected chi connectivity index (χ3v) is 7.04. The van der Waals surface area contributed by atoms with Gasteiger partial charge in [-0.2, -0.15) is 0 Å². The van der Waals surface area contributed by atoms with Gasteiger partial charge in [0.1, 0.15) is 43.9 Å². The second-order valence-electron chi connectivity index (χ2n) is 10.4. The van der Waals surface area contributed by atoms with Crippen molar-refractivity contribution < 1.29 is 38.7 Å². The number of ether oxygens (including phenoxy) is 4. The van der Waals surface area contributed by atoms with Crippen molar-refractivity contribution in [2.75, 3.05) is 25.1 Å². The Morgan fingerprint density at radius 1 is 1.12 bits per heavy atom. The number of benzene rings is 1. The summed E-state index contributed by atoms with van der Waals surface area (Å²) < 4.78 is 23.4. The maximum Gasteiger partial charge on any atom is 0.408 e. The van der Waals surface area contributed by atoms with Crippen LogP contribution in [0.2, 0.25) is 0 Å². The van der Waals surface area contributed by atoms with Crippen molar-refractivity contribution >= 4 is 29.0 Å². The van der Waals surface area contributed by atoms with Gasteiger partial charge in [-0.25, -0.2) is 24.5 Å². The SMILES string of the molecule is CC(C)[C@H](NC(=O)OCc1ccccc1)C(=O)OC[C@H]1O[C@@H](n2cnc3c(N[C@@H]4CCOC4)ncnc32)[C@H](O)[C@@H]1O. The summed E-state index contributed by atoms with van der Waals surface area (Å²) in [7, 11) is 0. The van der Waals surface area contributed by atoms with Gasteiger partial charge in [0.05, 0.1) is 19.0 Å². The maximum atomic E-state index is 12.9. The Labute approximate surface area is 236 Å². The summed E-state index contributed by atoms with van der Waals surface area (Å²) in [6.07, 6.45) is -1.89. The molecule has 14 heteroatoms. The summed E-state index contributed by atoms with van der Waals surface area (Å²) in [6.45, 7) is 4.42. The van der Waals surface area contributed by atoms with Crippen LogP contribution in [0, 0.1) is 5.92 Å². The predicted molar refractivity (Wildman–Crippen MR) is 143 cm³/mol. The molecular formula is C27H34N6O8. The van der Waals surface area contributed by atoms with E-state index in [9.17, 15) is 19.8 Å². The lowest BCUT2D eigenvalue weighted by atomic mass is 10.1. The molecule has 1 amide bonds. The highest BCUT2D eigenvalue weighted by Gasteiger charge is 2.45. The number of aromatic nitrogens is 4. The fourth-order valence-corrected chi connectivity index (χ4v) is 4.73. The Hall–Kier alpha value is -3.85. The molecule has 4 heterocycles. The lowest BCUT2D eigenvalue weighted by Gasteiger charge is -2.22. The first-order valence-corrected chi connectivity index (χ1v) is 13.5. The minimum absolute atomic E-state index is 0.0499. The van der Waals surface area contributed by atoms with E-state index in [0.717, 1.165) is 12.0 Å². The third-order valence-electron chi connectivity index (χ3n) is 7.04. The van der Waals surface area contributed by atoms with Crippen LogP contribution in [0.15, 0.2) is 43.0 Å². The standard InChI is InChI=1S/C27H34N6O8/c1-15(2)19(32-27(37)40-10-16-6-4-3-5-7-16)26(36)39-12-18-21(34)22(35)25(41-18)33-14-30-20-23(28-13-29-24(20)33)31-17-8-9-38-11-17/h3-7,13-15,17-19,21-22,25,34-35H,8-12H2,1-2H3,(H,32,37)(H,28,29,31)/t17-,18-,19+,21-,22-,25-/m1/s1. The fraction of sp³-hybridized carbons (Fsp3) is 0.519. The monoisotopic (exact) mass is 570 g/mol. The number of anilines is 1. The number of aliphatic hydroxyl groups excluding tert-OH is 2. The van der Waals surface area contributed by atoms with E-state index in [2.05, 4.69) is 25.6 Å². The Morgan fingerprint density at radius 3 is 2.66 bits per heavy atom. The number of nitrogens with one attached hydrogen (secondary N) is 2. The number of aliphatic hydroxyl groups is 2. The summed E-state index contributed by atoms with van der Waals surface area (Å²) in [5.74, 6) is -0.509. The van der Waals surface area contributed by atoms with Crippen LogP contribution in [-0.2, 0) is 30.3 Å². The molecule has 0 bridgehead atoms. The minimum Gasteiger partial charge on any atom is -0.461 e. The zero-order valence-electron chi connectivity index (χ0n) is 22.8. The average Bonchev–Trinajstić information content (AvgIpc) is 3.71. The quantitative estimate of drug-likeness (QED) is 0.256. The molecule has 4 N–H and O–H groups in total. The maximum absolute atomic E-state index is 12.9. The van der Waals surface area contributed by atoms with Gasteiger partial charge in [-0.05, 0) is 17.9 Å². The predicted octanol–water partition coefficient (Wildman–Crippen LogP) is 1.14. The summed E-state index contributed by atoms with van der Waals surface area (Å²) in [5, 5.41) is 27.3. The fourth-order valence-electron chi connectivity index (χ4n) is 4.73. The van der Waals surface area contributed by atoms with Gasteiger partial charge in [0.15, 0.2) is 23.2 Å². The highest BCUT2D eigenvalue weighted by atomic mass is 16.6. The van der Waals surface area contributed by atoms with E-state index in [4.69, 9.17) is 18.9 Å². The van der Waals surface area contributed by atoms with Crippen LogP contribution < -0.4 is 10.6 Å². The van der Waals surface area contributed by atoms with Crippen molar-refractivity contribution in [1.29, 1.82) is 0 Å². The Morgan fingerprint density at radius 2 is 1.93 bits per heavy atom. The number of hydrogen-bond donors (Lipinski definition) is 4. The highest BCUT2D eigenvalue weighted by Crippen LogP contribution is 2.32. The van der Waals surface area contributed by atoms with Crippen LogP contribution in [0.3, 0.4) is 0 Å². The van der Waals surface area contributed by atoms with Crippen LogP contribution >= 0.6 is 0 Å². The molecule has 2 aromatic heterocycles. The highest BCUT2D eigenvalue weighted by molar-refractivity contribution is 5.83. The van der Waals surface area contributed by atoms with E-state index in [1.54, 1.807) is 13.8 Å². The Kier molecular flexibility index (Phi) is 8.93. The van der Waals surface area contributed by atoms with Crippen molar-refractivity contribution in [1.82, 2.24) is 24.8 Å². The van der Waals surface area contributed by atoms with Crippen molar-refractivity contribution in [3.05, 3.63) is 48.5 Å². The normalized spacial score (nSPS) is 24.9.